The number of aliphatic hydroxyl groups excluding tert-OH is 1. The fourth-order valence-corrected chi connectivity index (χ4v) is 3.45. The predicted octanol–water partition coefficient (Wildman–Crippen LogP) is 3.33. The van der Waals surface area contributed by atoms with Gasteiger partial charge in [0, 0.05) is 0 Å². The van der Waals surface area contributed by atoms with Crippen LogP contribution in [0.3, 0.4) is 0 Å². The Morgan fingerprint density at radius 1 is 1.07 bits per heavy atom. The van der Waals surface area contributed by atoms with Crippen molar-refractivity contribution in [2.45, 2.75) is 50.3 Å². The minimum absolute atomic E-state index is 0.00772. The van der Waals surface area contributed by atoms with Gasteiger partial charge < -0.3 is 15.2 Å². The largest absolute Gasteiger partial charge is 0.444 e. The molecule has 2 aromatic carbocycles. The number of hydrogen-bond acceptors (Lipinski definition) is 6. The number of aryl methyl sites for hydroxylation is 1. The van der Waals surface area contributed by atoms with E-state index < -0.39 is 40.6 Å². The first-order valence-corrected chi connectivity index (χ1v) is 10.6. The van der Waals surface area contributed by atoms with Gasteiger partial charge in [-0.2, -0.15) is 8.42 Å². The molecule has 0 spiro atoms. The molecule has 0 aliphatic rings. The average Bonchev–Trinajstić information content (AvgIpc) is 2.64. The predicted molar refractivity (Wildman–Crippen MR) is 109 cm³/mol. The number of carbonyl (C=O) groups is 1. The highest BCUT2D eigenvalue weighted by Gasteiger charge is 2.28. The lowest BCUT2D eigenvalue weighted by molar-refractivity contribution is 0.0352. The van der Waals surface area contributed by atoms with E-state index in [1.165, 1.54) is 12.1 Å². The van der Waals surface area contributed by atoms with Gasteiger partial charge in [-0.3, -0.25) is 4.18 Å². The molecule has 0 aliphatic heterocycles. The molecule has 29 heavy (non-hydrogen) atoms. The number of ether oxygens (including phenoxy) is 1. The van der Waals surface area contributed by atoms with E-state index in [2.05, 4.69) is 5.32 Å². The molecule has 0 saturated carbocycles. The zero-order chi connectivity index (χ0) is 21.7. The first-order valence-electron chi connectivity index (χ1n) is 9.16. The minimum Gasteiger partial charge on any atom is -0.444 e. The van der Waals surface area contributed by atoms with Crippen molar-refractivity contribution in [3.8, 4) is 0 Å². The SMILES string of the molecule is Cc1ccc(S(=O)(=O)OCC(O)C(NC(=O)OC(C)(C)C)c2ccccc2)cc1. The van der Waals surface area contributed by atoms with E-state index in [9.17, 15) is 18.3 Å². The molecule has 0 heterocycles. The smallest absolute Gasteiger partial charge is 0.408 e. The van der Waals surface area contributed by atoms with Gasteiger partial charge in [-0.05, 0) is 45.4 Å². The minimum atomic E-state index is -4.05. The second-order valence-electron chi connectivity index (χ2n) is 7.65. The van der Waals surface area contributed by atoms with Crippen molar-refractivity contribution in [2.24, 2.45) is 0 Å². The van der Waals surface area contributed by atoms with E-state index in [1.807, 2.05) is 6.92 Å². The summed E-state index contributed by atoms with van der Waals surface area (Å²) in [6.45, 7) is 6.47. The molecular weight excluding hydrogens is 394 g/mol. The summed E-state index contributed by atoms with van der Waals surface area (Å²) in [7, 11) is -4.05. The summed E-state index contributed by atoms with van der Waals surface area (Å²) >= 11 is 0. The third-order valence-electron chi connectivity index (χ3n) is 3.92. The van der Waals surface area contributed by atoms with Crippen molar-refractivity contribution in [3.05, 3.63) is 65.7 Å². The van der Waals surface area contributed by atoms with Crippen molar-refractivity contribution in [1.82, 2.24) is 5.32 Å². The Balaban J connectivity index is 2.13. The number of rotatable bonds is 7. The molecule has 2 aromatic rings. The van der Waals surface area contributed by atoms with E-state index in [0.29, 0.717) is 5.56 Å². The summed E-state index contributed by atoms with van der Waals surface area (Å²) in [5.74, 6) is 0. The van der Waals surface area contributed by atoms with Gasteiger partial charge in [-0.25, -0.2) is 4.79 Å². The molecule has 0 aromatic heterocycles. The summed E-state index contributed by atoms with van der Waals surface area (Å²) in [4.78, 5) is 12.2. The van der Waals surface area contributed by atoms with Crippen LogP contribution in [0.4, 0.5) is 4.79 Å². The normalized spacial score (nSPS) is 14.1. The van der Waals surface area contributed by atoms with Crippen molar-refractivity contribution in [1.29, 1.82) is 0 Å². The lowest BCUT2D eigenvalue weighted by Gasteiger charge is -2.27. The van der Waals surface area contributed by atoms with Gasteiger partial charge in [-0.15, -0.1) is 0 Å². The summed E-state index contributed by atoms with van der Waals surface area (Å²) in [6, 6.07) is 14.0. The standard InChI is InChI=1S/C21H27NO6S/c1-15-10-12-17(13-11-15)29(25,26)27-14-18(23)19(16-8-6-5-7-9-16)22-20(24)28-21(2,3)4/h5-13,18-19,23H,14H2,1-4H3,(H,22,24). The molecular formula is C21H27NO6S. The maximum atomic E-state index is 12.4. The molecule has 7 nitrogen and oxygen atoms in total. The monoisotopic (exact) mass is 421 g/mol. The van der Waals surface area contributed by atoms with Crippen molar-refractivity contribution < 1.29 is 27.2 Å². The highest BCUT2D eigenvalue weighted by Crippen LogP contribution is 2.21. The second-order valence-corrected chi connectivity index (χ2v) is 9.27. The van der Waals surface area contributed by atoms with E-state index in [4.69, 9.17) is 8.92 Å². The summed E-state index contributed by atoms with van der Waals surface area (Å²) in [6.07, 6.45) is -2.06. The maximum Gasteiger partial charge on any atom is 0.408 e. The second kappa shape index (κ2) is 9.39. The average molecular weight is 422 g/mol. The van der Waals surface area contributed by atoms with Crippen LogP contribution in [0.25, 0.3) is 0 Å². The van der Waals surface area contributed by atoms with E-state index in [1.54, 1.807) is 63.2 Å². The molecule has 0 bridgehead atoms. The Bertz CT molecular complexity index is 904. The molecule has 2 unspecified atom stereocenters. The molecule has 2 rings (SSSR count). The number of hydrogen-bond donors (Lipinski definition) is 2. The molecule has 2 atom stereocenters. The van der Waals surface area contributed by atoms with Gasteiger partial charge in [0.1, 0.15) is 11.7 Å². The van der Waals surface area contributed by atoms with Crippen LogP contribution in [0.1, 0.15) is 37.9 Å². The zero-order valence-electron chi connectivity index (χ0n) is 17.0. The molecule has 8 heteroatoms. The fourth-order valence-electron chi connectivity index (χ4n) is 2.53. The lowest BCUT2D eigenvalue weighted by Crippen LogP contribution is -2.41. The van der Waals surface area contributed by atoms with Crippen molar-refractivity contribution in [3.63, 3.8) is 0 Å². The molecule has 2 N–H and O–H groups in total. The molecule has 158 valence electrons. The van der Waals surface area contributed by atoms with Crippen LogP contribution in [0.5, 0.6) is 0 Å². The Kier molecular flexibility index (Phi) is 7.40. The molecule has 0 aliphatic carbocycles. The van der Waals surface area contributed by atoms with Crippen LogP contribution in [0.2, 0.25) is 0 Å². The van der Waals surface area contributed by atoms with Crippen LogP contribution in [0.15, 0.2) is 59.5 Å². The summed E-state index contributed by atoms with van der Waals surface area (Å²) in [5.41, 5.74) is 0.776. The Labute approximate surface area is 171 Å². The van der Waals surface area contributed by atoms with Crippen molar-refractivity contribution in [2.75, 3.05) is 6.61 Å². The summed E-state index contributed by atoms with van der Waals surface area (Å²) < 4.78 is 35.0. The van der Waals surface area contributed by atoms with Crippen LogP contribution < -0.4 is 5.32 Å². The number of alkyl carbamates (subject to hydrolysis) is 1. The van der Waals surface area contributed by atoms with Crippen LogP contribution >= 0.6 is 0 Å². The first kappa shape index (κ1) is 22.9. The number of carbonyl (C=O) groups excluding carboxylic acids is 1. The van der Waals surface area contributed by atoms with E-state index in [0.717, 1.165) is 5.56 Å². The Morgan fingerprint density at radius 3 is 2.21 bits per heavy atom. The highest BCUT2D eigenvalue weighted by atomic mass is 32.2. The number of benzene rings is 2. The quantitative estimate of drug-likeness (QED) is 0.665. The molecule has 0 radical (unpaired) electrons. The van der Waals surface area contributed by atoms with Gasteiger partial charge >= 0.3 is 6.09 Å². The van der Waals surface area contributed by atoms with E-state index >= 15 is 0 Å². The van der Waals surface area contributed by atoms with Gasteiger partial charge in [0.15, 0.2) is 0 Å². The number of amides is 1. The fraction of sp³-hybridized carbons (Fsp3) is 0.381. The number of aliphatic hydroxyl groups is 1. The van der Waals surface area contributed by atoms with Crippen LogP contribution in [-0.4, -0.2) is 37.9 Å². The summed E-state index contributed by atoms with van der Waals surface area (Å²) in [5, 5.41) is 13.2. The van der Waals surface area contributed by atoms with Gasteiger partial charge in [0.2, 0.25) is 0 Å². The number of nitrogens with one attached hydrogen (secondary N) is 1. The zero-order valence-corrected chi connectivity index (χ0v) is 17.8. The molecule has 0 saturated heterocycles. The lowest BCUT2D eigenvalue weighted by atomic mass is 10.0. The third-order valence-corrected chi connectivity index (χ3v) is 5.22. The van der Waals surface area contributed by atoms with Crippen LogP contribution in [0, 0.1) is 6.92 Å². The third kappa shape index (κ3) is 7.16. The van der Waals surface area contributed by atoms with Crippen molar-refractivity contribution >= 4 is 16.2 Å². The highest BCUT2D eigenvalue weighted by molar-refractivity contribution is 7.86. The Morgan fingerprint density at radius 2 is 1.66 bits per heavy atom. The Hall–Kier alpha value is -2.42. The molecule has 0 fully saturated rings. The molecule has 1 amide bonds. The van der Waals surface area contributed by atoms with Gasteiger partial charge in [-0.1, -0.05) is 48.0 Å². The van der Waals surface area contributed by atoms with E-state index in [-0.39, 0.29) is 4.90 Å². The van der Waals surface area contributed by atoms with Gasteiger partial charge in [0.25, 0.3) is 10.1 Å². The maximum absolute atomic E-state index is 12.4. The topological polar surface area (TPSA) is 102 Å². The van der Waals surface area contributed by atoms with Crippen LogP contribution in [-0.2, 0) is 19.0 Å². The first-order chi connectivity index (χ1) is 13.5. The van der Waals surface area contributed by atoms with Gasteiger partial charge in [0.05, 0.1) is 17.5 Å².